The highest BCUT2D eigenvalue weighted by Crippen LogP contribution is 2.35. The number of nitro groups is 1. The zero-order chi connectivity index (χ0) is 19.3. The van der Waals surface area contributed by atoms with Crippen LogP contribution in [-0.4, -0.2) is 43.6 Å². The van der Waals surface area contributed by atoms with Gasteiger partial charge in [-0.2, -0.15) is 0 Å². The van der Waals surface area contributed by atoms with Crippen molar-refractivity contribution >= 4 is 23.0 Å². The molecule has 1 saturated heterocycles. The highest BCUT2D eigenvalue weighted by atomic mass is 19.3. The van der Waals surface area contributed by atoms with Gasteiger partial charge in [-0.15, -0.1) is 0 Å². The Hall–Kier alpha value is -2.45. The molecule has 0 aliphatic carbocycles. The molecular formula is C17H23F2N3O4. The van der Waals surface area contributed by atoms with Crippen LogP contribution in [0.2, 0.25) is 0 Å². The van der Waals surface area contributed by atoms with Crippen molar-refractivity contribution in [3.63, 3.8) is 0 Å². The van der Waals surface area contributed by atoms with Crippen LogP contribution in [-0.2, 0) is 4.74 Å². The quantitative estimate of drug-likeness (QED) is 0.447. The smallest absolute Gasteiger partial charge is 0.340 e. The number of anilines is 2. The predicted octanol–water partition coefficient (Wildman–Crippen LogP) is 3.68. The minimum absolute atomic E-state index is 0.0306. The van der Waals surface area contributed by atoms with E-state index in [1.165, 1.54) is 6.07 Å². The topological polar surface area (TPSA) is 84.7 Å². The van der Waals surface area contributed by atoms with Crippen LogP contribution in [0.15, 0.2) is 12.1 Å². The summed E-state index contributed by atoms with van der Waals surface area (Å²) in [6.45, 7) is 4.56. The molecule has 1 aliphatic rings. The summed E-state index contributed by atoms with van der Waals surface area (Å²) in [6.07, 6.45) is -0.823. The van der Waals surface area contributed by atoms with Crippen LogP contribution in [0.3, 0.4) is 0 Å². The molecule has 7 nitrogen and oxygen atoms in total. The highest BCUT2D eigenvalue weighted by molar-refractivity contribution is 5.98. The number of benzene rings is 1. The lowest BCUT2D eigenvalue weighted by atomic mass is 9.97. The second-order valence-corrected chi connectivity index (χ2v) is 6.31. The van der Waals surface area contributed by atoms with Crippen molar-refractivity contribution in [2.24, 2.45) is 5.92 Å². The van der Waals surface area contributed by atoms with Gasteiger partial charge in [-0.05, 0) is 31.7 Å². The van der Waals surface area contributed by atoms with Gasteiger partial charge in [-0.25, -0.2) is 13.6 Å². The molecule has 144 valence electrons. The maximum atomic E-state index is 12.5. The van der Waals surface area contributed by atoms with Gasteiger partial charge in [0.15, 0.2) is 0 Å². The van der Waals surface area contributed by atoms with E-state index in [9.17, 15) is 23.7 Å². The first-order valence-electron chi connectivity index (χ1n) is 8.60. The summed E-state index contributed by atoms with van der Waals surface area (Å²) in [6, 6.07) is 2.52. The molecule has 0 aromatic heterocycles. The van der Waals surface area contributed by atoms with Crippen molar-refractivity contribution in [3.8, 4) is 0 Å². The van der Waals surface area contributed by atoms with Crippen molar-refractivity contribution in [3.05, 3.63) is 27.8 Å². The molecule has 1 N–H and O–H groups in total. The van der Waals surface area contributed by atoms with E-state index in [0.29, 0.717) is 24.7 Å². The second-order valence-electron chi connectivity index (χ2n) is 6.31. The fourth-order valence-corrected chi connectivity index (χ4v) is 2.94. The molecule has 1 aromatic rings. The number of alkyl halides is 2. The number of esters is 1. The van der Waals surface area contributed by atoms with E-state index in [-0.39, 0.29) is 17.9 Å². The number of rotatable bonds is 7. The summed E-state index contributed by atoms with van der Waals surface area (Å²) in [4.78, 5) is 24.9. The number of nitrogens with one attached hydrogen (secondary N) is 1. The number of ether oxygens (including phenoxy) is 1. The van der Waals surface area contributed by atoms with Gasteiger partial charge < -0.3 is 15.0 Å². The van der Waals surface area contributed by atoms with Gasteiger partial charge >= 0.3 is 5.97 Å². The number of carbonyl (C=O) groups excluding carboxylic acids is 1. The lowest BCUT2D eigenvalue weighted by molar-refractivity contribution is -0.384. The van der Waals surface area contributed by atoms with Crippen molar-refractivity contribution < 1.29 is 23.2 Å². The van der Waals surface area contributed by atoms with Crippen molar-refractivity contribution in [1.82, 2.24) is 0 Å². The van der Waals surface area contributed by atoms with E-state index in [4.69, 9.17) is 4.74 Å². The zero-order valence-electron chi connectivity index (χ0n) is 14.8. The maximum Gasteiger partial charge on any atom is 0.340 e. The average Bonchev–Trinajstić information content (AvgIpc) is 2.60. The van der Waals surface area contributed by atoms with E-state index in [0.717, 1.165) is 18.9 Å². The van der Waals surface area contributed by atoms with Gasteiger partial charge in [-0.1, -0.05) is 6.92 Å². The zero-order valence-corrected chi connectivity index (χ0v) is 14.8. The van der Waals surface area contributed by atoms with E-state index >= 15 is 0 Å². The third-order valence-corrected chi connectivity index (χ3v) is 4.38. The molecular weight excluding hydrogens is 348 g/mol. The fraction of sp³-hybridized carbons (Fsp3) is 0.588. The summed E-state index contributed by atoms with van der Waals surface area (Å²) in [5.74, 6) is -0.114. The summed E-state index contributed by atoms with van der Waals surface area (Å²) < 4.78 is 30.1. The first-order valence-corrected chi connectivity index (χ1v) is 8.60. The van der Waals surface area contributed by atoms with E-state index in [1.807, 2.05) is 4.90 Å². The minimum atomic E-state index is -2.65. The summed E-state index contributed by atoms with van der Waals surface area (Å²) >= 11 is 0. The average molecular weight is 371 g/mol. The molecule has 1 aromatic carbocycles. The number of hydrogen-bond acceptors (Lipinski definition) is 6. The maximum absolute atomic E-state index is 12.5. The van der Waals surface area contributed by atoms with Crippen molar-refractivity contribution in [2.75, 3.05) is 36.5 Å². The Bertz CT molecular complexity index is 662. The van der Waals surface area contributed by atoms with Crippen molar-refractivity contribution in [1.29, 1.82) is 0 Å². The molecule has 0 radical (unpaired) electrons. The standard InChI is InChI=1S/C17H23F2N3O4/c1-3-26-17(23)12-8-15(22(24)25)13(20-10-16(18)19)9-14(12)21-6-4-11(2)5-7-21/h8-9,11,16,20H,3-7,10H2,1-2H3. The van der Waals surface area contributed by atoms with Gasteiger partial charge in [0.2, 0.25) is 0 Å². The van der Waals surface area contributed by atoms with Crippen LogP contribution in [0.1, 0.15) is 37.0 Å². The number of nitrogens with zero attached hydrogens (tertiary/aromatic N) is 2. The van der Waals surface area contributed by atoms with Crippen LogP contribution in [0.5, 0.6) is 0 Å². The largest absolute Gasteiger partial charge is 0.462 e. The Labute approximate surface area is 150 Å². The first-order chi connectivity index (χ1) is 12.3. The molecule has 1 heterocycles. The Balaban J connectivity index is 2.47. The van der Waals surface area contributed by atoms with Gasteiger partial charge in [0.1, 0.15) is 5.69 Å². The van der Waals surface area contributed by atoms with E-state index < -0.39 is 29.6 Å². The van der Waals surface area contributed by atoms with Gasteiger partial charge in [0.25, 0.3) is 12.1 Å². The number of hydrogen-bond donors (Lipinski definition) is 1. The van der Waals surface area contributed by atoms with Gasteiger partial charge in [0.05, 0.1) is 29.3 Å². The monoisotopic (exact) mass is 371 g/mol. The fourth-order valence-electron chi connectivity index (χ4n) is 2.94. The Kier molecular flexibility index (Phi) is 6.70. The molecule has 0 amide bonds. The first kappa shape index (κ1) is 19.9. The normalized spacial score (nSPS) is 15.2. The summed E-state index contributed by atoms with van der Waals surface area (Å²) in [7, 11) is 0. The van der Waals surface area contributed by atoms with Crippen LogP contribution in [0, 0.1) is 16.0 Å². The van der Waals surface area contributed by atoms with E-state index in [2.05, 4.69) is 12.2 Å². The molecule has 0 saturated carbocycles. The third-order valence-electron chi connectivity index (χ3n) is 4.38. The van der Waals surface area contributed by atoms with E-state index in [1.54, 1.807) is 6.92 Å². The Morgan fingerprint density at radius 1 is 1.42 bits per heavy atom. The van der Waals surface area contributed by atoms with Crippen LogP contribution in [0.4, 0.5) is 25.8 Å². The number of nitro benzene ring substituents is 1. The predicted molar refractivity (Wildman–Crippen MR) is 94.2 cm³/mol. The molecule has 9 heteroatoms. The van der Waals surface area contributed by atoms with Crippen LogP contribution >= 0.6 is 0 Å². The molecule has 0 atom stereocenters. The lowest BCUT2D eigenvalue weighted by Crippen LogP contribution is -2.34. The van der Waals surface area contributed by atoms with Gasteiger partial charge in [0, 0.05) is 19.2 Å². The SMILES string of the molecule is CCOC(=O)c1cc([N+](=O)[O-])c(NCC(F)F)cc1N1CCC(C)CC1. The molecule has 26 heavy (non-hydrogen) atoms. The minimum Gasteiger partial charge on any atom is -0.462 e. The number of halogens is 2. The molecule has 1 aliphatic heterocycles. The van der Waals surface area contributed by atoms with Crippen LogP contribution in [0.25, 0.3) is 0 Å². The van der Waals surface area contributed by atoms with Gasteiger partial charge in [-0.3, -0.25) is 10.1 Å². The lowest BCUT2D eigenvalue weighted by Gasteiger charge is -2.33. The van der Waals surface area contributed by atoms with Crippen LogP contribution < -0.4 is 10.2 Å². The third kappa shape index (κ3) is 4.80. The molecule has 2 rings (SSSR count). The number of carbonyl (C=O) groups is 1. The second kappa shape index (κ2) is 8.77. The summed E-state index contributed by atoms with van der Waals surface area (Å²) in [5.41, 5.74) is 0.0909. The molecule has 0 bridgehead atoms. The van der Waals surface area contributed by atoms with Crippen molar-refractivity contribution in [2.45, 2.75) is 33.1 Å². The Morgan fingerprint density at radius 2 is 2.08 bits per heavy atom. The summed E-state index contributed by atoms with van der Waals surface area (Å²) in [5, 5.41) is 13.8. The highest BCUT2D eigenvalue weighted by Gasteiger charge is 2.27. The molecule has 0 unspecified atom stereocenters. The molecule has 0 spiro atoms. The molecule has 1 fully saturated rings. The Morgan fingerprint density at radius 3 is 2.62 bits per heavy atom. The number of piperidine rings is 1.